The zero-order valence-corrected chi connectivity index (χ0v) is 18.3. The third-order valence-electron chi connectivity index (χ3n) is 5.50. The van der Waals surface area contributed by atoms with Crippen LogP contribution in [0.15, 0.2) is 66.7 Å². The summed E-state index contributed by atoms with van der Waals surface area (Å²) in [5, 5.41) is 9.34. The summed E-state index contributed by atoms with van der Waals surface area (Å²) in [6, 6.07) is 21.0. The number of aromatic nitrogens is 2. The molecule has 0 aliphatic carbocycles. The van der Waals surface area contributed by atoms with Crippen LogP contribution in [0.2, 0.25) is 5.02 Å². The van der Waals surface area contributed by atoms with Gasteiger partial charge in [-0.15, -0.1) is 0 Å². The number of rotatable bonds is 5. The fraction of sp³-hybridized carbons (Fsp3) is 0.200. The molecule has 0 saturated carbocycles. The molecule has 7 heteroatoms. The van der Waals surface area contributed by atoms with Crippen LogP contribution in [0, 0.1) is 0 Å². The van der Waals surface area contributed by atoms with Crippen molar-refractivity contribution in [3.8, 4) is 22.8 Å². The molecule has 162 valence electrons. The number of ether oxygens (including phenoxy) is 2. The summed E-state index contributed by atoms with van der Waals surface area (Å²) in [6.45, 7) is 3.11. The van der Waals surface area contributed by atoms with Crippen molar-refractivity contribution >= 4 is 28.4 Å². The molecule has 0 bridgehead atoms. The summed E-state index contributed by atoms with van der Waals surface area (Å²) in [7, 11) is 0. The van der Waals surface area contributed by atoms with Gasteiger partial charge in [-0.3, -0.25) is 9.48 Å². The third-order valence-corrected chi connectivity index (χ3v) is 5.73. The fourth-order valence-electron chi connectivity index (χ4n) is 3.92. The molecule has 4 aromatic rings. The van der Waals surface area contributed by atoms with Crippen molar-refractivity contribution < 1.29 is 14.3 Å². The standard InChI is InChI=1S/C25H22ClN3O3/c1-16(18-7-10-22-23(13-18)32-12-11-31-22)27-24(30)15-29-21-9-8-19(26)14-20(21)25(28-29)17-5-3-2-4-6-17/h2-10,13-14,16H,11-12,15H2,1H3,(H,27,30). The summed E-state index contributed by atoms with van der Waals surface area (Å²) >= 11 is 6.24. The molecule has 5 rings (SSSR count). The van der Waals surface area contributed by atoms with Crippen LogP contribution in [0.3, 0.4) is 0 Å². The van der Waals surface area contributed by atoms with E-state index in [9.17, 15) is 4.79 Å². The number of carbonyl (C=O) groups is 1. The molecule has 1 aliphatic heterocycles. The van der Waals surface area contributed by atoms with Gasteiger partial charge in [0.1, 0.15) is 25.5 Å². The Morgan fingerprint density at radius 3 is 2.66 bits per heavy atom. The highest BCUT2D eigenvalue weighted by molar-refractivity contribution is 6.31. The highest BCUT2D eigenvalue weighted by atomic mass is 35.5. The van der Waals surface area contributed by atoms with Crippen molar-refractivity contribution in [2.45, 2.75) is 19.5 Å². The number of hydrogen-bond acceptors (Lipinski definition) is 4. The topological polar surface area (TPSA) is 65.4 Å². The van der Waals surface area contributed by atoms with Crippen LogP contribution in [-0.2, 0) is 11.3 Å². The van der Waals surface area contributed by atoms with Crippen molar-refractivity contribution in [2.75, 3.05) is 13.2 Å². The van der Waals surface area contributed by atoms with Gasteiger partial charge in [0, 0.05) is 16.0 Å². The highest BCUT2D eigenvalue weighted by Crippen LogP contribution is 2.33. The van der Waals surface area contributed by atoms with E-state index < -0.39 is 0 Å². The maximum absolute atomic E-state index is 12.9. The molecular formula is C25H22ClN3O3. The number of nitrogens with zero attached hydrogens (tertiary/aromatic N) is 2. The molecule has 2 heterocycles. The predicted octanol–water partition coefficient (Wildman–Crippen LogP) is 5.01. The monoisotopic (exact) mass is 447 g/mol. The van der Waals surface area contributed by atoms with Crippen LogP contribution in [0.4, 0.5) is 0 Å². The van der Waals surface area contributed by atoms with Gasteiger partial charge in [-0.1, -0.05) is 48.0 Å². The van der Waals surface area contributed by atoms with Crippen molar-refractivity contribution in [3.63, 3.8) is 0 Å². The molecule has 1 atom stereocenters. The normalized spacial score (nSPS) is 13.7. The number of halogens is 1. The van der Waals surface area contributed by atoms with E-state index in [1.54, 1.807) is 4.68 Å². The first kappa shape index (κ1) is 20.4. The number of hydrogen-bond donors (Lipinski definition) is 1. The van der Waals surface area contributed by atoms with E-state index >= 15 is 0 Å². The van der Waals surface area contributed by atoms with Gasteiger partial charge < -0.3 is 14.8 Å². The Labute approximate surface area is 190 Å². The Hall–Kier alpha value is -3.51. The minimum absolute atomic E-state index is 0.0971. The smallest absolute Gasteiger partial charge is 0.242 e. The van der Waals surface area contributed by atoms with Crippen LogP contribution in [0.25, 0.3) is 22.2 Å². The largest absolute Gasteiger partial charge is 0.486 e. The van der Waals surface area contributed by atoms with E-state index in [1.807, 2.05) is 73.7 Å². The molecule has 3 aromatic carbocycles. The predicted molar refractivity (Wildman–Crippen MR) is 124 cm³/mol. The zero-order valence-electron chi connectivity index (χ0n) is 17.5. The molecule has 0 spiro atoms. The van der Waals surface area contributed by atoms with E-state index in [0.717, 1.165) is 33.5 Å². The zero-order chi connectivity index (χ0) is 22.1. The molecular weight excluding hydrogens is 426 g/mol. The lowest BCUT2D eigenvalue weighted by molar-refractivity contribution is -0.122. The van der Waals surface area contributed by atoms with Gasteiger partial charge in [-0.25, -0.2) is 0 Å². The third kappa shape index (κ3) is 4.01. The van der Waals surface area contributed by atoms with Gasteiger partial charge in [0.15, 0.2) is 11.5 Å². The lowest BCUT2D eigenvalue weighted by atomic mass is 10.1. The first-order valence-corrected chi connectivity index (χ1v) is 10.9. The minimum atomic E-state index is -0.191. The second kappa shape index (κ2) is 8.55. The van der Waals surface area contributed by atoms with Crippen molar-refractivity contribution in [3.05, 3.63) is 77.3 Å². The van der Waals surface area contributed by atoms with Crippen LogP contribution >= 0.6 is 11.6 Å². The van der Waals surface area contributed by atoms with E-state index in [0.29, 0.717) is 24.0 Å². The van der Waals surface area contributed by atoms with Crippen LogP contribution < -0.4 is 14.8 Å². The molecule has 1 unspecified atom stereocenters. The first-order chi connectivity index (χ1) is 15.6. The number of fused-ring (bicyclic) bond motifs is 2. The number of carbonyl (C=O) groups excluding carboxylic acids is 1. The molecule has 1 amide bonds. The Bertz CT molecular complexity index is 1290. The molecule has 6 nitrogen and oxygen atoms in total. The maximum Gasteiger partial charge on any atom is 0.242 e. The molecule has 0 radical (unpaired) electrons. The molecule has 1 aliphatic rings. The van der Waals surface area contributed by atoms with Crippen LogP contribution in [-0.4, -0.2) is 28.9 Å². The minimum Gasteiger partial charge on any atom is -0.486 e. The number of nitrogens with one attached hydrogen (secondary N) is 1. The highest BCUT2D eigenvalue weighted by Gasteiger charge is 2.18. The molecule has 0 fully saturated rings. The van der Waals surface area contributed by atoms with Crippen LogP contribution in [0.1, 0.15) is 18.5 Å². The molecule has 1 N–H and O–H groups in total. The lowest BCUT2D eigenvalue weighted by Gasteiger charge is -2.21. The Morgan fingerprint density at radius 1 is 1.06 bits per heavy atom. The second-order valence-corrected chi connectivity index (χ2v) is 8.16. The molecule has 0 saturated heterocycles. The van der Waals surface area contributed by atoms with E-state index in [1.165, 1.54) is 0 Å². The van der Waals surface area contributed by atoms with Crippen molar-refractivity contribution in [1.82, 2.24) is 15.1 Å². The average Bonchev–Trinajstić information content (AvgIpc) is 3.16. The first-order valence-electron chi connectivity index (χ1n) is 10.5. The van der Waals surface area contributed by atoms with E-state index in [-0.39, 0.29) is 18.5 Å². The van der Waals surface area contributed by atoms with Gasteiger partial charge in [-0.2, -0.15) is 5.10 Å². The van der Waals surface area contributed by atoms with Gasteiger partial charge in [-0.05, 0) is 42.8 Å². The van der Waals surface area contributed by atoms with Gasteiger partial charge >= 0.3 is 0 Å². The lowest BCUT2D eigenvalue weighted by Crippen LogP contribution is -2.30. The average molecular weight is 448 g/mol. The van der Waals surface area contributed by atoms with Gasteiger partial charge in [0.05, 0.1) is 11.6 Å². The number of amides is 1. The maximum atomic E-state index is 12.9. The van der Waals surface area contributed by atoms with Gasteiger partial charge in [0.25, 0.3) is 0 Å². The Kier molecular flexibility index (Phi) is 5.45. The SMILES string of the molecule is CC(NC(=O)Cn1nc(-c2ccccc2)c2cc(Cl)ccc21)c1ccc2c(c1)OCCO2. The van der Waals surface area contributed by atoms with Crippen molar-refractivity contribution in [2.24, 2.45) is 0 Å². The quantitative estimate of drug-likeness (QED) is 0.467. The van der Waals surface area contributed by atoms with Crippen LogP contribution in [0.5, 0.6) is 11.5 Å². The van der Waals surface area contributed by atoms with E-state index in [4.69, 9.17) is 26.2 Å². The fourth-order valence-corrected chi connectivity index (χ4v) is 4.09. The van der Waals surface area contributed by atoms with Gasteiger partial charge in [0.2, 0.25) is 5.91 Å². The van der Waals surface area contributed by atoms with Crippen molar-refractivity contribution in [1.29, 1.82) is 0 Å². The Morgan fingerprint density at radius 2 is 1.84 bits per heavy atom. The second-order valence-electron chi connectivity index (χ2n) is 7.73. The molecule has 1 aromatic heterocycles. The summed E-state index contributed by atoms with van der Waals surface area (Å²) in [4.78, 5) is 12.9. The Balaban J connectivity index is 1.38. The number of benzene rings is 3. The summed E-state index contributed by atoms with van der Waals surface area (Å²) in [5.74, 6) is 1.30. The summed E-state index contributed by atoms with van der Waals surface area (Å²) in [5.41, 5.74) is 3.58. The molecule has 32 heavy (non-hydrogen) atoms. The summed E-state index contributed by atoms with van der Waals surface area (Å²) < 4.78 is 12.9. The summed E-state index contributed by atoms with van der Waals surface area (Å²) in [6.07, 6.45) is 0. The van der Waals surface area contributed by atoms with E-state index in [2.05, 4.69) is 5.32 Å².